The van der Waals surface area contributed by atoms with Crippen molar-refractivity contribution in [3.63, 3.8) is 0 Å². The number of carbonyl (C=O) groups is 1. The highest BCUT2D eigenvalue weighted by atomic mass is 35.5. The third-order valence-corrected chi connectivity index (χ3v) is 4.44. The third-order valence-electron chi connectivity index (χ3n) is 4.13. The molecule has 0 spiro atoms. The van der Waals surface area contributed by atoms with Gasteiger partial charge in [0.25, 0.3) is 5.91 Å². The van der Waals surface area contributed by atoms with E-state index < -0.39 is 0 Å². The lowest BCUT2D eigenvalue weighted by atomic mass is 10.3. The summed E-state index contributed by atoms with van der Waals surface area (Å²) in [5.74, 6) is 1.74. The van der Waals surface area contributed by atoms with E-state index in [0.29, 0.717) is 22.2 Å². The molecule has 4 rings (SSSR count). The van der Waals surface area contributed by atoms with Gasteiger partial charge in [-0.3, -0.25) is 9.48 Å². The van der Waals surface area contributed by atoms with Crippen molar-refractivity contribution in [1.29, 1.82) is 0 Å². The van der Waals surface area contributed by atoms with Crippen LogP contribution in [0.5, 0.6) is 5.75 Å². The molecular formula is C19H18ClN3O3. The van der Waals surface area contributed by atoms with Gasteiger partial charge in [0.05, 0.1) is 16.9 Å². The van der Waals surface area contributed by atoms with E-state index in [1.165, 1.54) is 12.8 Å². The lowest BCUT2D eigenvalue weighted by molar-refractivity contribution is 0.0992. The zero-order valence-electron chi connectivity index (χ0n) is 14.0. The Kier molecular flexibility index (Phi) is 4.67. The summed E-state index contributed by atoms with van der Waals surface area (Å²) in [6.07, 6.45) is 5.99. The summed E-state index contributed by atoms with van der Waals surface area (Å²) in [5, 5.41) is 7.58. The largest absolute Gasteiger partial charge is 0.484 e. The van der Waals surface area contributed by atoms with Crippen molar-refractivity contribution in [3.8, 4) is 5.75 Å². The molecule has 0 atom stereocenters. The normalized spacial score (nSPS) is 13.6. The van der Waals surface area contributed by atoms with Gasteiger partial charge in [0.15, 0.2) is 5.76 Å². The van der Waals surface area contributed by atoms with Crippen LogP contribution in [-0.4, -0.2) is 15.7 Å². The monoisotopic (exact) mass is 371 g/mol. The first-order chi connectivity index (χ1) is 12.7. The zero-order chi connectivity index (χ0) is 17.9. The van der Waals surface area contributed by atoms with Crippen LogP contribution in [0.1, 0.15) is 29.2 Å². The highest BCUT2D eigenvalue weighted by Crippen LogP contribution is 2.30. The number of ether oxygens (including phenoxy) is 1. The Labute approximate surface area is 155 Å². The van der Waals surface area contributed by atoms with Crippen LogP contribution >= 0.6 is 11.6 Å². The van der Waals surface area contributed by atoms with Gasteiger partial charge in [-0.05, 0) is 43.0 Å². The summed E-state index contributed by atoms with van der Waals surface area (Å²) in [7, 11) is 0. The molecule has 26 heavy (non-hydrogen) atoms. The second-order valence-corrected chi connectivity index (χ2v) is 6.74. The van der Waals surface area contributed by atoms with Crippen LogP contribution in [0.15, 0.2) is 53.2 Å². The number of benzene rings is 1. The van der Waals surface area contributed by atoms with Crippen molar-refractivity contribution >= 4 is 23.2 Å². The number of furan rings is 1. The molecule has 0 saturated heterocycles. The molecule has 0 unspecified atom stereocenters. The number of rotatable bonds is 7. The van der Waals surface area contributed by atoms with Crippen LogP contribution in [0, 0.1) is 5.92 Å². The first kappa shape index (κ1) is 16.7. The van der Waals surface area contributed by atoms with Gasteiger partial charge < -0.3 is 14.5 Å². The van der Waals surface area contributed by atoms with Gasteiger partial charge in [-0.2, -0.15) is 5.10 Å². The van der Waals surface area contributed by atoms with Gasteiger partial charge >= 0.3 is 0 Å². The third kappa shape index (κ3) is 4.08. The van der Waals surface area contributed by atoms with Crippen molar-refractivity contribution in [1.82, 2.24) is 9.78 Å². The Morgan fingerprint density at radius 2 is 2.15 bits per heavy atom. The fourth-order valence-corrected chi connectivity index (χ4v) is 2.76. The average molecular weight is 372 g/mol. The zero-order valence-corrected chi connectivity index (χ0v) is 14.8. The second kappa shape index (κ2) is 7.25. The van der Waals surface area contributed by atoms with Gasteiger partial charge in [0, 0.05) is 12.7 Å². The van der Waals surface area contributed by atoms with Crippen LogP contribution in [0.25, 0.3) is 0 Å². The average Bonchev–Trinajstić information content (AvgIpc) is 3.14. The Hall–Kier alpha value is -2.73. The van der Waals surface area contributed by atoms with E-state index in [0.717, 1.165) is 12.5 Å². The Morgan fingerprint density at radius 1 is 1.31 bits per heavy atom. The molecule has 7 heteroatoms. The molecule has 0 aliphatic heterocycles. The van der Waals surface area contributed by atoms with Gasteiger partial charge in [0.2, 0.25) is 0 Å². The lowest BCUT2D eigenvalue weighted by Crippen LogP contribution is -2.10. The van der Waals surface area contributed by atoms with Crippen molar-refractivity contribution < 1.29 is 13.9 Å². The molecule has 0 bridgehead atoms. The molecule has 1 N–H and O–H groups in total. The Balaban J connectivity index is 1.33. The van der Waals surface area contributed by atoms with E-state index >= 15 is 0 Å². The molecule has 0 radical (unpaired) electrons. The number of hydrogen-bond donors (Lipinski definition) is 1. The van der Waals surface area contributed by atoms with Crippen molar-refractivity contribution in [2.24, 2.45) is 5.92 Å². The van der Waals surface area contributed by atoms with Gasteiger partial charge in [-0.15, -0.1) is 0 Å². The summed E-state index contributed by atoms with van der Waals surface area (Å²) in [4.78, 5) is 12.3. The predicted molar refractivity (Wildman–Crippen MR) is 97.4 cm³/mol. The van der Waals surface area contributed by atoms with E-state index in [-0.39, 0.29) is 18.3 Å². The molecule has 2 heterocycles. The quantitative estimate of drug-likeness (QED) is 0.669. The SMILES string of the molecule is O=C(Nc1cnn(CC2CC2)c1)c1ccc(COc2ccccc2Cl)o1. The Bertz CT molecular complexity index is 914. The maximum absolute atomic E-state index is 12.3. The first-order valence-electron chi connectivity index (χ1n) is 8.47. The number of amides is 1. The molecule has 6 nitrogen and oxygen atoms in total. The molecule has 3 aromatic rings. The molecule has 1 aliphatic rings. The minimum Gasteiger partial charge on any atom is -0.484 e. The van der Waals surface area contributed by atoms with Crippen molar-refractivity contribution in [2.45, 2.75) is 26.0 Å². The number of para-hydroxylation sites is 1. The molecule has 134 valence electrons. The van der Waals surface area contributed by atoms with Crippen LogP contribution in [-0.2, 0) is 13.2 Å². The smallest absolute Gasteiger partial charge is 0.291 e. The maximum atomic E-state index is 12.3. The molecule has 1 amide bonds. The van der Waals surface area contributed by atoms with E-state index in [1.807, 2.05) is 23.0 Å². The Morgan fingerprint density at radius 3 is 2.96 bits per heavy atom. The van der Waals surface area contributed by atoms with E-state index in [9.17, 15) is 4.79 Å². The number of carbonyl (C=O) groups excluding carboxylic acids is 1. The van der Waals surface area contributed by atoms with Crippen LogP contribution in [0.2, 0.25) is 5.02 Å². The van der Waals surface area contributed by atoms with E-state index in [1.54, 1.807) is 30.5 Å². The maximum Gasteiger partial charge on any atom is 0.291 e. The number of nitrogens with one attached hydrogen (secondary N) is 1. The topological polar surface area (TPSA) is 69.3 Å². The van der Waals surface area contributed by atoms with Crippen LogP contribution < -0.4 is 10.1 Å². The van der Waals surface area contributed by atoms with Gasteiger partial charge in [-0.25, -0.2) is 0 Å². The molecule has 1 fully saturated rings. The molecular weight excluding hydrogens is 354 g/mol. The van der Waals surface area contributed by atoms with Crippen molar-refractivity contribution in [3.05, 3.63) is 65.3 Å². The molecule has 1 aliphatic carbocycles. The number of halogens is 1. The standard InChI is InChI=1S/C19H18ClN3O3/c20-16-3-1-2-4-17(16)25-12-15-7-8-18(26-15)19(24)22-14-9-21-23(11-14)10-13-5-6-13/h1-4,7-9,11,13H,5-6,10,12H2,(H,22,24). The van der Waals surface area contributed by atoms with Crippen LogP contribution in [0.4, 0.5) is 5.69 Å². The summed E-state index contributed by atoms with van der Waals surface area (Å²) >= 11 is 6.05. The molecule has 2 aromatic heterocycles. The molecule has 1 aromatic carbocycles. The first-order valence-corrected chi connectivity index (χ1v) is 8.85. The predicted octanol–water partition coefficient (Wildman–Crippen LogP) is 4.37. The van der Waals surface area contributed by atoms with E-state index in [4.69, 9.17) is 20.8 Å². The number of nitrogens with zero attached hydrogens (tertiary/aromatic N) is 2. The summed E-state index contributed by atoms with van der Waals surface area (Å²) in [6.45, 7) is 1.09. The highest BCUT2D eigenvalue weighted by Gasteiger charge is 2.22. The van der Waals surface area contributed by atoms with Crippen molar-refractivity contribution in [2.75, 3.05) is 5.32 Å². The summed E-state index contributed by atoms with van der Waals surface area (Å²) < 4.78 is 13.0. The number of aromatic nitrogens is 2. The van der Waals surface area contributed by atoms with Gasteiger partial charge in [0.1, 0.15) is 18.1 Å². The number of anilines is 1. The summed E-state index contributed by atoms with van der Waals surface area (Å²) in [5.41, 5.74) is 0.654. The minimum absolute atomic E-state index is 0.191. The highest BCUT2D eigenvalue weighted by molar-refractivity contribution is 6.32. The fraction of sp³-hybridized carbons (Fsp3) is 0.263. The van der Waals surface area contributed by atoms with Gasteiger partial charge in [-0.1, -0.05) is 23.7 Å². The minimum atomic E-state index is -0.319. The van der Waals surface area contributed by atoms with E-state index in [2.05, 4.69) is 10.4 Å². The number of hydrogen-bond acceptors (Lipinski definition) is 4. The van der Waals surface area contributed by atoms with Crippen LogP contribution in [0.3, 0.4) is 0 Å². The molecule has 1 saturated carbocycles. The second-order valence-electron chi connectivity index (χ2n) is 6.33. The fourth-order valence-electron chi connectivity index (χ4n) is 2.57. The lowest BCUT2D eigenvalue weighted by Gasteiger charge is -2.05. The summed E-state index contributed by atoms with van der Waals surface area (Å²) in [6, 6.07) is 10.5.